The molecular weight excluding hydrogens is 459 g/mol. The summed E-state index contributed by atoms with van der Waals surface area (Å²) in [5, 5.41) is 3.12. The zero-order valence-electron chi connectivity index (χ0n) is 16.8. The van der Waals surface area contributed by atoms with Crippen molar-refractivity contribution in [3.63, 3.8) is 0 Å². The fourth-order valence-electron chi connectivity index (χ4n) is 3.01. The van der Waals surface area contributed by atoms with Crippen LogP contribution in [0.15, 0.2) is 71.6 Å². The van der Waals surface area contributed by atoms with Crippen molar-refractivity contribution in [2.24, 2.45) is 0 Å². The van der Waals surface area contributed by atoms with Gasteiger partial charge < -0.3 is 10.1 Å². The van der Waals surface area contributed by atoms with Crippen LogP contribution in [-0.4, -0.2) is 28.0 Å². The predicted octanol–water partition coefficient (Wildman–Crippen LogP) is 5.47. The highest BCUT2D eigenvalue weighted by atomic mass is 35.5. The van der Waals surface area contributed by atoms with Crippen LogP contribution in [0.5, 0.6) is 5.75 Å². The lowest BCUT2D eigenvalue weighted by molar-refractivity contribution is 0.102. The fourth-order valence-corrected chi connectivity index (χ4v) is 5.13. The summed E-state index contributed by atoms with van der Waals surface area (Å²) in [6.45, 7) is 2.05. The minimum absolute atomic E-state index is 0.117. The lowest BCUT2D eigenvalue weighted by atomic mass is 10.2. The van der Waals surface area contributed by atoms with Crippen LogP contribution in [0.4, 0.5) is 11.4 Å². The van der Waals surface area contributed by atoms with E-state index in [9.17, 15) is 13.2 Å². The number of hydrogen-bond acceptors (Lipinski definition) is 4. The second kappa shape index (κ2) is 9.60. The molecule has 0 spiro atoms. The Labute approximate surface area is 191 Å². The molecule has 3 rings (SSSR count). The van der Waals surface area contributed by atoms with Crippen molar-refractivity contribution in [2.75, 3.05) is 23.3 Å². The first-order valence-corrected chi connectivity index (χ1v) is 11.5. The summed E-state index contributed by atoms with van der Waals surface area (Å²) in [5.41, 5.74) is 1.25. The summed E-state index contributed by atoms with van der Waals surface area (Å²) in [7, 11) is -2.32. The number of benzene rings is 3. The van der Waals surface area contributed by atoms with E-state index < -0.39 is 15.9 Å². The van der Waals surface area contributed by atoms with Crippen molar-refractivity contribution >= 4 is 50.5 Å². The second-order valence-corrected chi connectivity index (χ2v) is 9.13. The highest BCUT2D eigenvalue weighted by Gasteiger charge is 2.23. The molecule has 0 radical (unpaired) electrons. The van der Waals surface area contributed by atoms with Crippen molar-refractivity contribution < 1.29 is 17.9 Å². The Bertz CT molecular complexity index is 1160. The lowest BCUT2D eigenvalue weighted by Crippen LogP contribution is -2.30. The largest absolute Gasteiger partial charge is 0.494 e. The van der Waals surface area contributed by atoms with Gasteiger partial charge in [-0.15, -0.1) is 0 Å². The van der Waals surface area contributed by atoms with Gasteiger partial charge >= 0.3 is 0 Å². The molecular formula is C22H20Cl2N2O4S. The first-order valence-electron chi connectivity index (χ1n) is 9.30. The topological polar surface area (TPSA) is 75.7 Å². The third-order valence-corrected chi connectivity index (χ3v) is 6.97. The highest BCUT2D eigenvalue weighted by molar-refractivity contribution is 7.92. The van der Waals surface area contributed by atoms with Gasteiger partial charge in [-0.1, -0.05) is 41.4 Å². The molecule has 1 amide bonds. The average molecular weight is 479 g/mol. The minimum atomic E-state index is -3.75. The Balaban J connectivity index is 1.81. The molecule has 0 saturated carbocycles. The molecule has 31 heavy (non-hydrogen) atoms. The summed E-state index contributed by atoms with van der Waals surface area (Å²) in [6.07, 6.45) is 0. The van der Waals surface area contributed by atoms with Gasteiger partial charge in [0.2, 0.25) is 0 Å². The monoisotopic (exact) mass is 478 g/mol. The lowest BCUT2D eigenvalue weighted by Gasteiger charge is -2.23. The number of sulfonamides is 1. The molecule has 1 N–H and O–H groups in total. The first kappa shape index (κ1) is 22.9. The summed E-state index contributed by atoms with van der Waals surface area (Å²) in [6, 6.07) is 17.7. The number of methoxy groups -OCH3 is 1. The number of hydrogen-bond donors (Lipinski definition) is 1. The van der Waals surface area contributed by atoms with Gasteiger partial charge in [-0.3, -0.25) is 9.10 Å². The Morgan fingerprint density at radius 1 is 1.00 bits per heavy atom. The maximum Gasteiger partial charge on any atom is 0.264 e. The maximum absolute atomic E-state index is 13.1. The number of para-hydroxylation sites is 1. The molecule has 6 nitrogen and oxygen atoms in total. The van der Waals surface area contributed by atoms with Crippen molar-refractivity contribution in [1.29, 1.82) is 0 Å². The van der Waals surface area contributed by atoms with Gasteiger partial charge in [0.05, 0.1) is 27.7 Å². The standard InChI is InChI=1S/C22H20Cl2N2O4S/c1-3-26(17-7-5-4-6-8-17)31(28,29)18-11-9-16(10-12-18)25-22(27)15-13-19(23)21(30-2)20(24)14-15/h4-14H,3H2,1-2H3,(H,25,27). The van der Waals surface area contributed by atoms with E-state index in [1.807, 2.05) is 6.07 Å². The van der Waals surface area contributed by atoms with E-state index in [1.165, 1.54) is 47.8 Å². The van der Waals surface area contributed by atoms with Crippen molar-refractivity contribution in [3.8, 4) is 5.75 Å². The summed E-state index contributed by atoms with van der Waals surface area (Å²) >= 11 is 12.2. The molecule has 3 aromatic rings. The molecule has 0 fully saturated rings. The number of nitrogens with zero attached hydrogens (tertiary/aromatic N) is 1. The number of rotatable bonds is 7. The van der Waals surface area contributed by atoms with Gasteiger partial charge in [0, 0.05) is 17.8 Å². The molecule has 0 bridgehead atoms. The summed E-state index contributed by atoms with van der Waals surface area (Å²) in [5.74, 6) is -0.158. The Morgan fingerprint density at radius 2 is 1.58 bits per heavy atom. The van der Waals surface area contributed by atoms with E-state index in [1.54, 1.807) is 31.2 Å². The molecule has 0 aliphatic carbocycles. The van der Waals surface area contributed by atoms with Gasteiger partial charge in [0.1, 0.15) is 0 Å². The average Bonchev–Trinajstić information content (AvgIpc) is 2.75. The third-order valence-electron chi connectivity index (χ3n) is 4.50. The zero-order chi connectivity index (χ0) is 22.6. The Morgan fingerprint density at radius 3 is 2.10 bits per heavy atom. The van der Waals surface area contributed by atoms with Crippen LogP contribution in [0, 0.1) is 0 Å². The third kappa shape index (κ3) is 4.95. The highest BCUT2D eigenvalue weighted by Crippen LogP contribution is 2.34. The number of carbonyl (C=O) groups is 1. The van der Waals surface area contributed by atoms with Crippen LogP contribution in [0.3, 0.4) is 0 Å². The van der Waals surface area contributed by atoms with E-state index >= 15 is 0 Å². The van der Waals surface area contributed by atoms with Crippen LogP contribution < -0.4 is 14.4 Å². The molecule has 0 unspecified atom stereocenters. The van der Waals surface area contributed by atoms with Crippen LogP contribution in [-0.2, 0) is 10.0 Å². The normalized spacial score (nSPS) is 11.1. The van der Waals surface area contributed by atoms with Gasteiger partial charge in [-0.2, -0.15) is 0 Å². The molecule has 0 aromatic heterocycles. The first-order chi connectivity index (χ1) is 14.8. The molecule has 162 valence electrons. The summed E-state index contributed by atoms with van der Waals surface area (Å²) < 4.78 is 32.5. The molecule has 0 atom stereocenters. The van der Waals surface area contributed by atoms with E-state index in [0.717, 1.165) is 0 Å². The summed E-state index contributed by atoms with van der Waals surface area (Å²) in [4.78, 5) is 12.7. The van der Waals surface area contributed by atoms with Crippen LogP contribution in [0.2, 0.25) is 10.0 Å². The van der Waals surface area contributed by atoms with Crippen LogP contribution in [0.25, 0.3) is 0 Å². The van der Waals surface area contributed by atoms with Gasteiger partial charge in [0.25, 0.3) is 15.9 Å². The maximum atomic E-state index is 13.1. The zero-order valence-corrected chi connectivity index (χ0v) is 19.1. The number of amides is 1. The minimum Gasteiger partial charge on any atom is -0.494 e. The number of nitrogens with one attached hydrogen (secondary N) is 1. The molecule has 0 heterocycles. The van der Waals surface area contributed by atoms with Crippen LogP contribution >= 0.6 is 23.2 Å². The fraction of sp³-hybridized carbons (Fsp3) is 0.136. The number of ether oxygens (including phenoxy) is 1. The Kier molecular flexibility index (Phi) is 7.10. The molecule has 0 saturated heterocycles. The molecule has 0 aliphatic rings. The number of anilines is 2. The quantitative estimate of drug-likeness (QED) is 0.488. The number of halogens is 2. The smallest absolute Gasteiger partial charge is 0.264 e. The Hall–Kier alpha value is -2.74. The van der Waals surface area contributed by atoms with Crippen molar-refractivity contribution in [1.82, 2.24) is 0 Å². The molecule has 0 aliphatic heterocycles. The van der Waals surface area contributed by atoms with Gasteiger partial charge in [-0.05, 0) is 55.5 Å². The van der Waals surface area contributed by atoms with E-state index in [0.29, 0.717) is 11.4 Å². The van der Waals surface area contributed by atoms with Crippen molar-refractivity contribution in [2.45, 2.75) is 11.8 Å². The molecule has 9 heteroatoms. The molecule has 3 aromatic carbocycles. The predicted molar refractivity (Wildman–Crippen MR) is 124 cm³/mol. The SMILES string of the molecule is CCN(c1ccccc1)S(=O)(=O)c1ccc(NC(=O)c2cc(Cl)c(OC)c(Cl)c2)cc1. The van der Waals surface area contributed by atoms with Crippen LogP contribution in [0.1, 0.15) is 17.3 Å². The van der Waals surface area contributed by atoms with E-state index in [2.05, 4.69) is 5.32 Å². The second-order valence-electron chi connectivity index (χ2n) is 6.46. The van der Waals surface area contributed by atoms with Gasteiger partial charge in [0.15, 0.2) is 5.75 Å². The van der Waals surface area contributed by atoms with Gasteiger partial charge in [-0.25, -0.2) is 8.42 Å². The van der Waals surface area contributed by atoms with E-state index in [4.69, 9.17) is 27.9 Å². The number of carbonyl (C=O) groups excluding carboxylic acids is 1. The van der Waals surface area contributed by atoms with Crippen molar-refractivity contribution in [3.05, 3.63) is 82.3 Å². The van der Waals surface area contributed by atoms with E-state index in [-0.39, 0.29) is 32.8 Å².